The van der Waals surface area contributed by atoms with Crippen molar-refractivity contribution in [1.82, 2.24) is 4.90 Å². The molecule has 1 amide bonds. The number of morpholine rings is 1. The molecule has 0 aliphatic carbocycles. The summed E-state index contributed by atoms with van der Waals surface area (Å²) in [6, 6.07) is 8.24. The monoisotopic (exact) mass is 393 g/mol. The summed E-state index contributed by atoms with van der Waals surface area (Å²) in [4.78, 5) is 14.9. The lowest BCUT2D eigenvalue weighted by Crippen LogP contribution is -2.53. The van der Waals surface area contributed by atoms with Gasteiger partial charge in [-0.25, -0.2) is 8.42 Å². The molecule has 1 aromatic rings. The van der Waals surface area contributed by atoms with E-state index in [9.17, 15) is 13.2 Å². The minimum absolute atomic E-state index is 0.0266. The number of sulfone groups is 1. The molecule has 3 unspecified atom stereocenters. The fraction of sp³-hybridized carbons (Fsp3) is 0.667. The van der Waals surface area contributed by atoms with Crippen LogP contribution in [0.15, 0.2) is 24.3 Å². The number of ether oxygens (including phenoxy) is 1. The van der Waals surface area contributed by atoms with Crippen LogP contribution in [-0.2, 0) is 19.4 Å². The van der Waals surface area contributed by atoms with Crippen LogP contribution in [0.4, 0.5) is 0 Å². The summed E-state index contributed by atoms with van der Waals surface area (Å²) in [5.41, 5.74) is 2.46. The van der Waals surface area contributed by atoms with Crippen LogP contribution < -0.4 is 0 Å². The Morgan fingerprint density at radius 1 is 1.11 bits per heavy atom. The molecule has 3 rings (SSSR count). The number of carbonyl (C=O) groups excluding carboxylic acids is 1. The van der Waals surface area contributed by atoms with Gasteiger partial charge in [-0.15, -0.1) is 0 Å². The van der Waals surface area contributed by atoms with Gasteiger partial charge in [0.1, 0.15) is 0 Å². The third kappa shape index (κ3) is 4.54. The van der Waals surface area contributed by atoms with E-state index in [2.05, 4.69) is 52.0 Å². The van der Waals surface area contributed by atoms with Gasteiger partial charge in [-0.2, -0.15) is 0 Å². The van der Waals surface area contributed by atoms with Gasteiger partial charge >= 0.3 is 0 Å². The van der Waals surface area contributed by atoms with Crippen molar-refractivity contribution in [3.8, 4) is 0 Å². The van der Waals surface area contributed by atoms with Crippen molar-refractivity contribution in [3.05, 3.63) is 35.4 Å². The maximum atomic E-state index is 13.1. The lowest BCUT2D eigenvalue weighted by Gasteiger charge is -2.37. The van der Waals surface area contributed by atoms with Gasteiger partial charge in [-0.05, 0) is 28.9 Å². The Morgan fingerprint density at radius 3 is 2.33 bits per heavy atom. The summed E-state index contributed by atoms with van der Waals surface area (Å²) in [5.74, 6) is 1.02. The zero-order valence-electron chi connectivity index (χ0n) is 16.7. The molecule has 1 aromatic carbocycles. The standard InChI is InChI=1S/C21H31NO4S/c1-14(2)16-5-7-17(8-6-16)18(15(3)4)11-21(23)22-9-10-26-20-13-27(24,25)12-19(20)22/h5-8,14-15,18-20H,9-13H2,1-4H3. The van der Waals surface area contributed by atoms with Gasteiger partial charge < -0.3 is 9.64 Å². The first kappa shape index (κ1) is 20.3. The summed E-state index contributed by atoms with van der Waals surface area (Å²) in [6.45, 7) is 9.50. The highest BCUT2D eigenvalue weighted by Gasteiger charge is 2.45. The fourth-order valence-corrected chi connectivity index (χ4v) is 6.07. The second kappa shape index (κ2) is 7.92. The van der Waals surface area contributed by atoms with Crippen LogP contribution in [0.2, 0.25) is 0 Å². The molecular weight excluding hydrogens is 362 g/mol. The summed E-state index contributed by atoms with van der Waals surface area (Å²) >= 11 is 0. The van der Waals surface area contributed by atoms with Crippen LogP contribution >= 0.6 is 0 Å². The summed E-state index contributed by atoms with van der Waals surface area (Å²) < 4.78 is 29.6. The first-order chi connectivity index (χ1) is 12.7. The maximum absolute atomic E-state index is 13.1. The third-order valence-electron chi connectivity index (χ3n) is 5.89. The van der Waals surface area contributed by atoms with E-state index in [0.29, 0.717) is 31.4 Å². The van der Waals surface area contributed by atoms with Crippen molar-refractivity contribution in [3.63, 3.8) is 0 Å². The SMILES string of the molecule is CC(C)c1ccc(C(CC(=O)N2CCOC3CS(=O)(=O)CC32)C(C)C)cc1. The van der Waals surface area contributed by atoms with Crippen LogP contribution in [-0.4, -0.2) is 56.0 Å². The number of fused-ring (bicyclic) bond motifs is 1. The molecule has 0 radical (unpaired) electrons. The average molecular weight is 394 g/mol. The van der Waals surface area contributed by atoms with E-state index >= 15 is 0 Å². The van der Waals surface area contributed by atoms with Gasteiger partial charge in [0.15, 0.2) is 9.84 Å². The molecule has 3 atom stereocenters. The van der Waals surface area contributed by atoms with Crippen LogP contribution in [0.3, 0.4) is 0 Å². The van der Waals surface area contributed by atoms with E-state index < -0.39 is 9.84 Å². The van der Waals surface area contributed by atoms with Gasteiger partial charge in [-0.1, -0.05) is 52.0 Å². The highest BCUT2D eigenvalue weighted by molar-refractivity contribution is 7.91. The molecule has 0 spiro atoms. The number of hydrogen-bond acceptors (Lipinski definition) is 4. The summed E-state index contributed by atoms with van der Waals surface area (Å²) in [5, 5.41) is 0. The Balaban J connectivity index is 1.75. The van der Waals surface area contributed by atoms with Crippen molar-refractivity contribution < 1.29 is 17.9 Å². The minimum Gasteiger partial charge on any atom is -0.373 e. The molecule has 2 saturated heterocycles. The molecule has 6 heteroatoms. The molecule has 150 valence electrons. The predicted octanol–water partition coefficient (Wildman–Crippen LogP) is 2.96. The first-order valence-corrected chi connectivity index (χ1v) is 11.7. The fourth-order valence-electron chi connectivity index (χ4n) is 4.20. The molecule has 2 heterocycles. The lowest BCUT2D eigenvalue weighted by atomic mass is 9.84. The average Bonchev–Trinajstić information content (AvgIpc) is 2.92. The summed E-state index contributed by atoms with van der Waals surface area (Å²) in [6.07, 6.45) is 0.0395. The number of nitrogens with zero attached hydrogens (tertiary/aromatic N) is 1. The van der Waals surface area contributed by atoms with Crippen LogP contribution in [0.25, 0.3) is 0 Å². The molecule has 0 saturated carbocycles. The highest BCUT2D eigenvalue weighted by Crippen LogP contribution is 2.32. The zero-order chi connectivity index (χ0) is 19.8. The highest BCUT2D eigenvalue weighted by atomic mass is 32.2. The third-order valence-corrected chi connectivity index (χ3v) is 7.57. The predicted molar refractivity (Wildman–Crippen MR) is 107 cm³/mol. The van der Waals surface area contributed by atoms with E-state index in [4.69, 9.17) is 4.74 Å². The van der Waals surface area contributed by atoms with Gasteiger partial charge in [0.05, 0.1) is 30.3 Å². The van der Waals surface area contributed by atoms with Crippen molar-refractivity contribution in [2.45, 2.75) is 58.1 Å². The van der Waals surface area contributed by atoms with Gasteiger partial charge in [0.25, 0.3) is 0 Å². The first-order valence-electron chi connectivity index (χ1n) is 9.89. The van der Waals surface area contributed by atoms with E-state index in [-0.39, 0.29) is 35.5 Å². The Morgan fingerprint density at radius 2 is 1.74 bits per heavy atom. The number of benzene rings is 1. The number of carbonyl (C=O) groups is 1. The van der Waals surface area contributed by atoms with E-state index in [1.165, 1.54) is 11.1 Å². The van der Waals surface area contributed by atoms with Crippen LogP contribution in [0.5, 0.6) is 0 Å². The Hall–Kier alpha value is -1.40. The topological polar surface area (TPSA) is 63.7 Å². The lowest BCUT2D eigenvalue weighted by molar-refractivity contribution is -0.143. The molecule has 27 heavy (non-hydrogen) atoms. The number of hydrogen-bond donors (Lipinski definition) is 0. The number of rotatable bonds is 5. The molecule has 2 aliphatic rings. The summed E-state index contributed by atoms with van der Waals surface area (Å²) in [7, 11) is -3.12. The molecule has 0 bridgehead atoms. The van der Waals surface area contributed by atoms with Crippen LogP contribution in [0, 0.1) is 5.92 Å². The van der Waals surface area contributed by atoms with Crippen molar-refractivity contribution >= 4 is 15.7 Å². The second-order valence-corrected chi connectivity index (χ2v) is 10.7. The van der Waals surface area contributed by atoms with Crippen LogP contribution in [0.1, 0.15) is 57.1 Å². The molecule has 2 aliphatic heterocycles. The number of amides is 1. The van der Waals surface area contributed by atoms with Gasteiger partial charge in [0, 0.05) is 13.0 Å². The Labute approximate surface area is 163 Å². The van der Waals surface area contributed by atoms with E-state index in [1.807, 2.05) is 0 Å². The zero-order valence-corrected chi connectivity index (χ0v) is 17.5. The maximum Gasteiger partial charge on any atom is 0.223 e. The normalized spacial score (nSPS) is 25.6. The second-order valence-electron chi connectivity index (χ2n) is 8.52. The van der Waals surface area contributed by atoms with E-state index in [1.54, 1.807) is 4.90 Å². The molecule has 5 nitrogen and oxygen atoms in total. The Bertz CT molecular complexity index is 770. The Kier molecular flexibility index (Phi) is 5.96. The quantitative estimate of drug-likeness (QED) is 0.772. The smallest absolute Gasteiger partial charge is 0.223 e. The molecule has 2 fully saturated rings. The minimum atomic E-state index is -3.12. The molecular formula is C21H31NO4S. The van der Waals surface area contributed by atoms with Gasteiger partial charge in [0.2, 0.25) is 5.91 Å². The van der Waals surface area contributed by atoms with Crippen molar-refractivity contribution in [2.24, 2.45) is 5.92 Å². The van der Waals surface area contributed by atoms with Crippen molar-refractivity contribution in [2.75, 3.05) is 24.7 Å². The molecule has 0 aromatic heterocycles. The largest absolute Gasteiger partial charge is 0.373 e. The van der Waals surface area contributed by atoms with Gasteiger partial charge in [-0.3, -0.25) is 4.79 Å². The molecule has 0 N–H and O–H groups in total. The van der Waals surface area contributed by atoms with E-state index in [0.717, 1.165) is 0 Å². The van der Waals surface area contributed by atoms with Crippen molar-refractivity contribution in [1.29, 1.82) is 0 Å².